The van der Waals surface area contributed by atoms with Gasteiger partial charge in [0.15, 0.2) is 6.19 Å². The molecule has 0 radical (unpaired) electrons. The molecule has 0 bridgehead atoms. The first-order valence-electron chi connectivity index (χ1n) is 11.6. The molecule has 2 aromatic rings. The molecule has 1 aliphatic rings. The minimum absolute atomic E-state index is 0.0693. The number of nitrogens with zero attached hydrogens (tertiary/aromatic N) is 3. The minimum Gasteiger partial charge on any atom is -0.485 e. The lowest BCUT2D eigenvalue weighted by Crippen LogP contribution is -2.49. The van der Waals surface area contributed by atoms with Gasteiger partial charge in [0.05, 0.1) is 4.90 Å². The Bertz CT molecular complexity index is 1260. The van der Waals surface area contributed by atoms with Crippen molar-refractivity contribution in [2.24, 2.45) is 4.99 Å². The summed E-state index contributed by atoms with van der Waals surface area (Å²) < 4.78 is 34.5. The van der Waals surface area contributed by atoms with Gasteiger partial charge in [0.2, 0.25) is 16.0 Å². The molecule has 0 aromatic heterocycles. The Balaban J connectivity index is 2.12. The number of benzene rings is 2. The zero-order valence-corrected chi connectivity index (χ0v) is 22.7. The monoisotopic (exact) mass is 533 g/mol. The molecule has 0 saturated carbocycles. The summed E-state index contributed by atoms with van der Waals surface area (Å²) in [7, 11) is -3.84. The van der Waals surface area contributed by atoms with Crippen molar-refractivity contribution < 1.29 is 18.3 Å². The average Bonchev–Trinajstić information content (AvgIpc) is 2.77. The van der Waals surface area contributed by atoms with Crippen molar-refractivity contribution in [3.63, 3.8) is 0 Å². The predicted molar refractivity (Wildman–Crippen MR) is 140 cm³/mol. The number of guanidine groups is 1. The van der Waals surface area contributed by atoms with Gasteiger partial charge in [-0.3, -0.25) is 5.32 Å². The smallest absolute Gasteiger partial charge is 0.243 e. The molecular weight excluding hydrogens is 502 g/mol. The van der Waals surface area contributed by atoms with Crippen molar-refractivity contribution in [1.29, 1.82) is 5.26 Å². The largest absolute Gasteiger partial charge is 0.485 e. The molecule has 0 saturated heterocycles. The topological polar surface area (TPSA) is 127 Å². The van der Waals surface area contributed by atoms with Gasteiger partial charge in [0.25, 0.3) is 0 Å². The standard InChI is InChI=1S/C25H32ClN5O4S/c1-15(2)31(16(3)4)36(33,34)19-11-12-21-20(13-19)22(23(32)25(5,6)35-21)30-24(28-14-27)29-18-9-7-17(26)8-10-18/h7-13,15-16,22-23,32H,1-6H3,(H2,28,29,30)/t22-,23+/m1/s1. The van der Waals surface area contributed by atoms with Gasteiger partial charge < -0.3 is 15.2 Å². The molecule has 0 spiro atoms. The Kier molecular flexibility index (Phi) is 8.20. The van der Waals surface area contributed by atoms with Crippen LogP contribution in [-0.2, 0) is 10.0 Å². The van der Waals surface area contributed by atoms with Crippen molar-refractivity contribution in [1.82, 2.24) is 9.62 Å². The molecule has 1 heterocycles. The lowest BCUT2D eigenvalue weighted by atomic mass is 9.87. The third-order valence-electron chi connectivity index (χ3n) is 5.83. The maximum absolute atomic E-state index is 13.5. The first-order chi connectivity index (χ1) is 16.8. The van der Waals surface area contributed by atoms with E-state index in [4.69, 9.17) is 16.3 Å². The highest BCUT2D eigenvalue weighted by Gasteiger charge is 2.44. The van der Waals surface area contributed by atoms with E-state index >= 15 is 0 Å². The molecule has 3 rings (SSSR count). The Hall–Kier alpha value is -2.84. The van der Waals surface area contributed by atoms with Crippen LogP contribution in [0.5, 0.6) is 5.75 Å². The Labute approximate surface area is 217 Å². The molecule has 36 heavy (non-hydrogen) atoms. The number of sulfonamides is 1. The summed E-state index contributed by atoms with van der Waals surface area (Å²) in [6.45, 7) is 10.7. The van der Waals surface area contributed by atoms with Crippen LogP contribution < -0.4 is 15.4 Å². The first-order valence-corrected chi connectivity index (χ1v) is 13.4. The van der Waals surface area contributed by atoms with Crippen LogP contribution in [0.15, 0.2) is 52.4 Å². The van der Waals surface area contributed by atoms with E-state index in [1.54, 1.807) is 44.2 Å². The number of halogens is 1. The first kappa shape index (κ1) is 27.7. The van der Waals surface area contributed by atoms with Gasteiger partial charge >= 0.3 is 0 Å². The fourth-order valence-corrected chi connectivity index (χ4v) is 6.27. The molecule has 2 atom stereocenters. The molecule has 1 aliphatic heterocycles. The highest BCUT2D eigenvalue weighted by molar-refractivity contribution is 7.89. The van der Waals surface area contributed by atoms with Gasteiger partial charge in [-0.05, 0) is 84.0 Å². The maximum atomic E-state index is 13.5. The zero-order chi connectivity index (χ0) is 26.8. The van der Waals surface area contributed by atoms with Gasteiger partial charge in [0, 0.05) is 28.4 Å². The molecule has 194 valence electrons. The summed E-state index contributed by atoms with van der Waals surface area (Å²) in [6.07, 6.45) is 0.697. The molecular formula is C25H32ClN5O4S. The number of ether oxygens (including phenoxy) is 1. The van der Waals surface area contributed by atoms with Crippen molar-refractivity contribution in [3.8, 4) is 11.9 Å². The van der Waals surface area contributed by atoms with E-state index in [9.17, 15) is 18.8 Å². The van der Waals surface area contributed by atoms with Crippen molar-refractivity contribution in [3.05, 3.63) is 53.1 Å². The molecule has 3 N–H and O–H groups in total. The predicted octanol–water partition coefficient (Wildman–Crippen LogP) is 4.26. The molecule has 2 aromatic carbocycles. The number of hydrogen-bond donors (Lipinski definition) is 3. The fourth-order valence-electron chi connectivity index (χ4n) is 4.28. The SMILES string of the molecule is CC(C)N(C(C)C)S(=O)(=O)c1ccc2c(c1)[C@@H](N=C(NC#N)Nc1ccc(Cl)cc1)[C@H](O)C(C)(C)O2. The minimum atomic E-state index is -3.84. The molecule has 11 heteroatoms. The lowest BCUT2D eigenvalue weighted by Gasteiger charge is -2.41. The zero-order valence-electron chi connectivity index (χ0n) is 21.2. The van der Waals surface area contributed by atoms with Gasteiger partial charge in [-0.2, -0.15) is 9.57 Å². The number of rotatable bonds is 6. The van der Waals surface area contributed by atoms with Gasteiger partial charge in [-0.25, -0.2) is 13.4 Å². The molecule has 0 fully saturated rings. The second-order valence-electron chi connectivity index (χ2n) is 9.66. The van der Waals surface area contributed by atoms with E-state index < -0.39 is 27.8 Å². The third-order valence-corrected chi connectivity index (χ3v) is 8.33. The fraction of sp³-hybridized carbons (Fsp3) is 0.440. The van der Waals surface area contributed by atoms with Crippen LogP contribution in [0.1, 0.15) is 53.1 Å². The van der Waals surface area contributed by atoms with Gasteiger partial charge in [-0.1, -0.05) is 11.6 Å². The van der Waals surface area contributed by atoms with Crippen LogP contribution in [0.4, 0.5) is 5.69 Å². The number of fused-ring (bicyclic) bond motifs is 1. The Morgan fingerprint density at radius 2 is 1.78 bits per heavy atom. The van der Waals surface area contributed by atoms with Crippen LogP contribution in [0.3, 0.4) is 0 Å². The molecule has 0 amide bonds. The van der Waals surface area contributed by atoms with Crippen LogP contribution in [0.2, 0.25) is 5.02 Å². The summed E-state index contributed by atoms with van der Waals surface area (Å²) in [5.74, 6) is 0.480. The van der Waals surface area contributed by atoms with E-state index in [1.807, 2.05) is 33.9 Å². The number of anilines is 1. The highest BCUT2D eigenvalue weighted by Crippen LogP contribution is 2.43. The summed E-state index contributed by atoms with van der Waals surface area (Å²) in [6, 6.07) is 9.93. The van der Waals surface area contributed by atoms with Crippen molar-refractivity contribution in [2.75, 3.05) is 5.32 Å². The maximum Gasteiger partial charge on any atom is 0.243 e. The Morgan fingerprint density at radius 3 is 2.33 bits per heavy atom. The van der Waals surface area contributed by atoms with E-state index in [0.29, 0.717) is 22.0 Å². The number of aliphatic hydroxyl groups excluding tert-OH is 1. The van der Waals surface area contributed by atoms with Gasteiger partial charge in [0.1, 0.15) is 23.5 Å². The van der Waals surface area contributed by atoms with Crippen LogP contribution >= 0.6 is 11.6 Å². The number of aliphatic imine (C=N–C) groups is 1. The molecule has 9 nitrogen and oxygen atoms in total. The lowest BCUT2D eigenvalue weighted by molar-refractivity contribution is -0.0568. The summed E-state index contributed by atoms with van der Waals surface area (Å²) >= 11 is 5.96. The van der Waals surface area contributed by atoms with E-state index in [2.05, 4.69) is 15.6 Å². The quantitative estimate of drug-likeness (QED) is 0.219. The number of nitriles is 1. The van der Waals surface area contributed by atoms with Crippen LogP contribution in [0, 0.1) is 11.5 Å². The van der Waals surface area contributed by atoms with Crippen molar-refractivity contribution >= 4 is 33.3 Å². The highest BCUT2D eigenvalue weighted by atomic mass is 35.5. The summed E-state index contributed by atoms with van der Waals surface area (Å²) in [5.41, 5.74) is -0.0186. The van der Waals surface area contributed by atoms with Crippen molar-refractivity contribution in [2.45, 2.75) is 76.3 Å². The van der Waals surface area contributed by atoms with E-state index in [0.717, 1.165) is 0 Å². The van der Waals surface area contributed by atoms with E-state index in [-0.39, 0.29) is 22.9 Å². The second kappa shape index (κ2) is 10.6. The van der Waals surface area contributed by atoms with Gasteiger partial charge in [-0.15, -0.1) is 0 Å². The van der Waals surface area contributed by atoms with E-state index in [1.165, 1.54) is 16.4 Å². The number of nitrogens with one attached hydrogen (secondary N) is 2. The average molecular weight is 534 g/mol. The number of aliphatic hydroxyl groups is 1. The summed E-state index contributed by atoms with van der Waals surface area (Å²) in [4.78, 5) is 4.67. The molecule has 0 aliphatic carbocycles. The molecule has 0 unspecified atom stereocenters. The number of hydrogen-bond acceptors (Lipinski definition) is 6. The summed E-state index contributed by atoms with van der Waals surface area (Å²) in [5, 5.41) is 26.5. The van der Waals surface area contributed by atoms with Crippen LogP contribution in [0.25, 0.3) is 0 Å². The van der Waals surface area contributed by atoms with Crippen LogP contribution in [-0.4, -0.2) is 47.6 Å². The Morgan fingerprint density at radius 1 is 1.17 bits per heavy atom. The second-order valence-corrected chi connectivity index (χ2v) is 11.9. The third kappa shape index (κ3) is 5.76. The normalized spacial score (nSPS) is 19.6.